The average Bonchev–Trinajstić information content (AvgIpc) is 2.43. The molecule has 0 spiro atoms. The normalized spacial score (nSPS) is 24.8. The Morgan fingerprint density at radius 2 is 1.95 bits per heavy atom. The van der Waals surface area contributed by atoms with Crippen LogP contribution >= 0.6 is 0 Å². The van der Waals surface area contributed by atoms with E-state index in [1.807, 2.05) is 48.6 Å². The van der Waals surface area contributed by atoms with Crippen LogP contribution in [0.5, 0.6) is 0 Å². The smallest absolute Gasteiger partial charge is 0.189 e. The van der Waals surface area contributed by atoms with E-state index >= 15 is 0 Å². The van der Waals surface area contributed by atoms with Crippen LogP contribution in [0, 0.1) is 0 Å². The molecule has 0 amide bonds. The van der Waals surface area contributed by atoms with Crippen LogP contribution in [0.3, 0.4) is 0 Å². The number of Topliss-reactive ketones (excluding diaryl/α,β-unsaturated/α-hetero) is 1. The zero-order chi connectivity index (χ0) is 13.2. The molecule has 1 aromatic rings. The number of allylic oxidation sites excluding steroid dienone is 4. The van der Waals surface area contributed by atoms with Crippen LogP contribution in [-0.2, 0) is 4.79 Å². The third kappa shape index (κ3) is 2.45. The van der Waals surface area contributed by atoms with Crippen molar-refractivity contribution in [1.29, 1.82) is 0 Å². The molecule has 2 aliphatic carbocycles. The number of benzene rings is 1. The van der Waals surface area contributed by atoms with Gasteiger partial charge in [0.05, 0.1) is 6.10 Å². The number of aliphatic hydroxyl groups excluding tert-OH is 1. The largest absolute Gasteiger partial charge is 0.393 e. The van der Waals surface area contributed by atoms with Crippen molar-refractivity contribution in [3.05, 3.63) is 64.8 Å². The molecule has 0 heterocycles. The van der Waals surface area contributed by atoms with Crippen molar-refractivity contribution in [2.24, 2.45) is 0 Å². The maximum absolute atomic E-state index is 12.4. The molecule has 2 aliphatic rings. The minimum Gasteiger partial charge on any atom is -0.393 e. The van der Waals surface area contributed by atoms with Crippen molar-refractivity contribution in [3.8, 4) is 0 Å². The minimum absolute atomic E-state index is 0.119. The molecule has 1 aromatic carbocycles. The fraction of sp³-hybridized carbons (Fsp3) is 0.235. The van der Waals surface area contributed by atoms with Gasteiger partial charge in [0.25, 0.3) is 0 Å². The Labute approximate surface area is 112 Å². The van der Waals surface area contributed by atoms with Crippen LogP contribution in [0.1, 0.15) is 24.8 Å². The molecule has 0 aliphatic heterocycles. The number of rotatable bonds is 1. The molecule has 0 bridgehead atoms. The number of ketones is 1. The molecule has 19 heavy (non-hydrogen) atoms. The van der Waals surface area contributed by atoms with Gasteiger partial charge in [-0.3, -0.25) is 4.79 Å². The molecular weight excluding hydrogens is 236 g/mol. The zero-order valence-corrected chi connectivity index (χ0v) is 10.7. The number of aliphatic hydroxyl groups is 1. The first kappa shape index (κ1) is 12.1. The molecule has 1 N–H and O–H groups in total. The number of hydrogen-bond acceptors (Lipinski definition) is 2. The van der Waals surface area contributed by atoms with Gasteiger partial charge in [0, 0.05) is 11.1 Å². The Bertz CT molecular complexity index is 591. The first-order valence-corrected chi connectivity index (χ1v) is 6.63. The summed E-state index contributed by atoms with van der Waals surface area (Å²) in [6.07, 6.45) is 7.46. The quantitative estimate of drug-likeness (QED) is 0.780. The van der Waals surface area contributed by atoms with Crippen LogP contribution < -0.4 is 0 Å². The van der Waals surface area contributed by atoms with Crippen LogP contribution in [-0.4, -0.2) is 17.0 Å². The fourth-order valence-corrected chi connectivity index (χ4v) is 2.66. The molecule has 0 saturated heterocycles. The lowest BCUT2D eigenvalue weighted by Gasteiger charge is -2.24. The highest BCUT2D eigenvalue weighted by molar-refractivity contribution is 6.14. The molecule has 1 unspecified atom stereocenters. The van der Waals surface area contributed by atoms with E-state index in [4.69, 9.17) is 0 Å². The van der Waals surface area contributed by atoms with E-state index in [0.717, 1.165) is 22.3 Å². The Hall–Kier alpha value is -1.93. The van der Waals surface area contributed by atoms with Gasteiger partial charge < -0.3 is 5.11 Å². The molecule has 0 radical (unpaired) electrons. The molecule has 3 rings (SSSR count). The summed E-state index contributed by atoms with van der Waals surface area (Å²) in [5, 5.41) is 9.64. The average molecular weight is 252 g/mol. The van der Waals surface area contributed by atoms with Crippen LogP contribution in [0.2, 0.25) is 0 Å². The van der Waals surface area contributed by atoms with Crippen LogP contribution in [0.25, 0.3) is 6.08 Å². The van der Waals surface area contributed by atoms with Crippen molar-refractivity contribution < 1.29 is 9.90 Å². The second-order valence-electron chi connectivity index (χ2n) is 5.07. The first-order chi connectivity index (χ1) is 9.24. The third-order valence-electron chi connectivity index (χ3n) is 3.69. The van der Waals surface area contributed by atoms with Gasteiger partial charge in [0.1, 0.15) is 0 Å². The summed E-state index contributed by atoms with van der Waals surface area (Å²) >= 11 is 0. The Morgan fingerprint density at radius 1 is 1.16 bits per heavy atom. The van der Waals surface area contributed by atoms with Crippen molar-refractivity contribution >= 4 is 11.9 Å². The summed E-state index contributed by atoms with van der Waals surface area (Å²) in [7, 11) is 0. The van der Waals surface area contributed by atoms with Crippen molar-refractivity contribution in [2.45, 2.75) is 25.4 Å². The summed E-state index contributed by atoms with van der Waals surface area (Å²) < 4.78 is 0. The molecule has 1 atom stereocenters. The van der Waals surface area contributed by atoms with Gasteiger partial charge in [-0.15, -0.1) is 0 Å². The predicted octanol–water partition coefficient (Wildman–Crippen LogP) is 3.05. The van der Waals surface area contributed by atoms with Gasteiger partial charge in [-0.25, -0.2) is 0 Å². The molecule has 2 nitrogen and oxygen atoms in total. The molecule has 0 fully saturated rings. The topological polar surface area (TPSA) is 37.3 Å². The fourth-order valence-electron chi connectivity index (χ4n) is 2.66. The number of hydrogen-bond donors (Lipinski definition) is 1. The summed E-state index contributed by atoms with van der Waals surface area (Å²) in [6, 6.07) is 9.87. The molecule has 96 valence electrons. The lowest BCUT2D eigenvalue weighted by Crippen LogP contribution is -2.21. The lowest BCUT2D eigenvalue weighted by atomic mass is 9.81. The number of carbonyl (C=O) groups excluding carboxylic acids is 1. The van der Waals surface area contributed by atoms with E-state index < -0.39 is 0 Å². The number of carbonyl (C=O) groups is 1. The predicted molar refractivity (Wildman–Crippen MR) is 75.4 cm³/mol. The van der Waals surface area contributed by atoms with E-state index in [9.17, 15) is 9.90 Å². The molecule has 0 aromatic heterocycles. The second kappa shape index (κ2) is 4.98. The van der Waals surface area contributed by atoms with Crippen LogP contribution in [0.15, 0.2) is 59.2 Å². The van der Waals surface area contributed by atoms with Crippen molar-refractivity contribution in [3.63, 3.8) is 0 Å². The Morgan fingerprint density at radius 3 is 2.74 bits per heavy atom. The summed E-state index contributed by atoms with van der Waals surface area (Å²) in [5.41, 5.74) is 3.67. The monoisotopic (exact) mass is 252 g/mol. The van der Waals surface area contributed by atoms with Gasteiger partial charge in [-0.05, 0) is 36.5 Å². The van der Waals surface area contributed by atoms with E-state index in [0.29, 0.717) is 19.3 Å². The van der Waals surface area contributed by atoms with Crippen molar-refractivity contribution in [2.75, 3.05) is 0 Å². The molecule has 2 heteroatoms. The van der Waals surface area contributed by atoms with Gasteiger partial charge >= 0.3 is 0 Å². The second-order valence-corrected chi connectivity index (χ2v) is 5.07. The van der Waals surface area contributed by atoms with Gasteiger partial charge in [-0.2, -0.15) is 0 Å². The van der Waals surface area contributed by atoms with E-state index in [1.165, 1.54) is 0 Å². The maximum atomic E-state index is 12.4. The summed E-state index contributed by atoms with van der Waals surface area (Å²) in [5.74, 6) is 0.119. The minimum atomic E-state index is -0.296. The SMILES string of the molecule is O=C1C(=Cc2ccccc2)C=CC2=C1CCC(O)C2. The lowest BCUT2D eigenvalue weighted by molar-refractivity contribution is -0.112. The van der Waals surface area contributed by atoms with Gasteiger partial charge in [0.15, 0.2) is 5.78 Å². The van der Waals surface area contributed by atoms with E-state index in [2.05, 4.69) is 0 Å². The maximum Gasteiger partial charge on any atom is 0.189 e. The highest BCUT2D eigenvalue weighted by Crippen LogP contribution is 2.32. The third-order valence-corrected chi connectivity index (χ3v) is 3.69. The van der Waals surface area contributed by atoms with Crippen LogP contribution in [0.4, 0.5) is 0 Å². The zero-order valence-electron chi connectivity index (χ0n) is 10.7. The first-order valence-electron chi connectivity index (χ1n) is 6.63. The Kier molecular flexibility index (Phi) is 3.18. The van der Waals surface area contributed by atoms with Gasteiger partial charge in [0.2, 0.25) is 0 Å². The van der Waals surface area contributed by atoms with E-state index in [-0.39, 0.29) is 11.9 Å². The Balaban J connectivity index is 1.91. The van der Waals surface area contributed by atoms with E-state index in [1.54, 1.807) is 0 Å². The molecular formula is C17H16O2. The summed E-state index contributed by atoms with van der Waals surface area (Å²) in [4.78, 5) is 12.4. The highest BCUT2D eigenvalue weighted by atomic mass is 16.3. The highest BCUT2D eigenvalue weighted by Gasteiger charge is 2.26. The summed E-state index contributed by atoms with van der Waals surface area (Å²) in [6.45, 7) is 0. The van der Waals surface area contributed by atoms with Crippen molar-refractivity contribution in [1.82, 2.24) is 0 Å². The standard InChI is InChI=1S/C17H16O2/c18-15-8-9-16-13(11-15)6-7-14(17(16)19)10-12-4-2-1-3-5-12/h1-7,10,15,18H,8-9,11H2. The van der Waals surface area contributed by atoms with Gasteiger partial charge in [-0.1, -0.05) is 42.5 Å². The molecule has 0 saturated carbocycles.